The van der Waals surface area contributed by atoms with E-state index >= 15 is 0 Å². The van der Waals surface area contributed by atoms with Gasteiger partial charge in [-0.15, -0.1) is 6.58 Å². The van der Waals surface area contributed by atoms with E-state index in [1.807, 2.05) is 31.2 Å². The number of ether oxygens (including phenoxy) is 1. The van der Waals surface area contributed by atoms with Crippen LogP contribution in [0.1, 0.15) is 11.3 Å². The number of amides is 2. The van der Waals surface area contributed by atoms with E-state index in [0.29, 0.717) is 5.56 Å². The highest BCUT2D eigenvalue weighted by Crippen LogP contribution is 2.21. The lowest BCUT2D eigenvalue weighted by atomic mass is 10.1. The Morgan fingerprint density at radius 2 is 2.00 bits per heavy atom. The normalized spacial score (nSPS) is 15.9. The van der Waals surface area contributed by atoms with Crippen LogP contribution in [0.4, 0.5) is 0 Å². The fourth-order valence-electron chi connectivity index (χ4n) is 2.69. The Hall–Kier alpha value is -3.26. The first-order valence-corrected chi connectivity index (χ1v) is 8.56. The highest BCUT2D eigenvalue weighted by atomic mass is 32.1. The molecule has 0 saturated carbocycles. The first-order valence-electron chi connectivity index (χ1n) is 8.15. The first-order chi connectivity index (χ1) is 13.0. The molecule has 3 rings (SSSR count). The second kappa shape index (κ2) is 7.55. The molecule has 8 heteroatoms. The molecular formula is C19H18N4O3S. The van der Waals surface area contributed by atoms with Gasteiger partial charge >= 0.3 is 0 Å². The molecule has 0 radical (unpaired) electrons. The van der Waals surface area contributed by atoms with Gasteiger partial charge in [-0.05, 0) is 49.5 Å². The van der Waals surface area contributed by atoms with Crippen LogP contribution in [0.15, 0.2) is 48.7 Å². The standard InChI is InChI=1S/C19H18N4O3S/c1-4-9-22-18(25)16(17(24)21-19(22)27)10-13-11-20-23(12(13)2)14-5-7-15(26-3)8-6-14/h4-8,10-11H,1,9H2,2-3H3,(H,21,24,27)/b16-10-. The van der Waals surface area contributed by atoms with Crippen LogP contribution in [0.2, 0.25) is 0 Å². The van der Waals surface area contributed by atoms with Gasteiger partial charge in [0.2, 0.25) is 0 Å². The van der Waals surface area contributed by atoms with Crippen LogP contribution < -0.4 is 10.1 Å². The van der Waals surface area contributed by atoms with Crippen molar-refractivity contribution in [1.82, 2.24) is 20.0 Å². The van der Waals surface area contributed by atoms with Crippen LogP contribution in [0.3, 0.4) is 0 Å². The van der Waals surface area contributed by atoms with Gasteiger partial charge < -0.3 is 4.74 Å². The topological polar surface area (TPSA) is 76.5 Å². The molecule has 0 unspecified atom stereocenters. The van der Waals surface area contributed by atoms with Gasteiger partial charge in [-0.1, -0.05) is 6.08 Å². The number of nitrogens with zero attached hydrogens (tertiary/aromatic N) is 3. The maximum Gasteiger partial charge on any atom is 0.265 e. The fourth-order valence-corrected chi connectivity index (χ4v) is 2.94. The number of rotatable bonds is 5. The quantitative estimate of drug-likeness (QED) is 0.370. The first kappa shape index (κ1) is 18.5. The van der Waals surface area contributed by atoms with Crippen molar-refractivity contribution >= 4 is 35.2 Å². The molecule has 1 saturated heterocycles. The van der Waals surface area contributed by atoms with E-state index in [2.05, 4.69) is 17.0 Å². The smallest absolute Gasteiger partial charge is 0.265 e. The minimum absolute atomic E-state index is 0.00262. The highest BCUT2D eigenvalue weighted by molar-refractivity contribution is 7.80. The van der Waals surface area contributed by atoms with E-state index in [1.54, 1.807) is 24.1 Å². The van der Waals surface area contributed by atoms with Gasteiger partial charge in [0.1, 0.15) is 11.3 Å². The molecule has 27 heavy (non-hydrogen) atoms. The van der Waals surface area contributed by atoms with Crippen molar-refractivity contribution in [3.63, 3.8) is 0 Å². The number of methoxy groups -OCH3 is 1. The molecule has 7 nitrogen and oxygen atoms in total. The Bertz CT molecular complexity index is 960. The minimum Gasteiger partial charge on any atom is -0.497 e. The van der Waals surface area contributed by atoms with Crippen molar-refractivity contribution in [3.05, 3.63) is 59.9 Å². The van der Waals surface area contributed by atoms with Crippen molar-refractivity contribution in [3.8, 4) is 11.4 Å². The molecule has 2 amide bonds. The number of carbonyl (C=O) groups is 2. The van der Waals surface area contributed by atoms with Crippen molar-refractivity contribution in [2.45, 2.75) is 6.92 Å². The van der Waals surface area contributed by atoms with Crippen molar-refractivity contribution in [2.75, 3.05) is 13.7 Å². The molecule has 1 aromatic carbocycles. The lowest BCUT2D eigenvalue weighted by Gasteiger charge is -2.27. The second-order valence-electron chi connectivity index (χ2n) is 5.82. The summed E-state index contributed by atoms with van der Waals surface area (Å²) in [5.41, 5.74) is 2.29. The van der Waals surface area contributed by atoms with Crippen LogP contribution in [0.25, 0.3) is 11.8 Å². The molecule has 0 bridgehead atoms. The van der Waals surface area contributed by atoms with Crippen LogP contribution in [-0.2, 0) is 9.59 Å². The monoisotopic (exact) mass is 382 g/mol. The Labute approximate surface area is 161 Å². The summed E-state index contributed by atoms with van der Waals surface area (Å²) in [7, 11) is 1.60. The Kier molecular flexibility index (Phi) is 5.18. The minimum atomic E-state index is -0.526. The van der Waals surface area contributed by atoms with Gasteiger partial charge in [0, 0.05) is 17.8 Å². The van der Waals surface area contributed by atoms with E-state index in [-0.39, 0.29) is 17.2 Å². The summed E-state index contributed by atoms with van der Waals surface area (Å²) in [6.45, 7) is 5.69. The van der Waals surface area contributed by atoms with Crippen LogP contribution >= 0.6 is 12.2 Å². The predicted octanol–water partition coefficient (Wildman–Crippen LogP) is 2.00. The third kappa shape index (κ3) is 3.52. The molecule has 1 N–H and O–H groups in total. The van der Waals surface area contributed by atoms with E-state index in [1.165, 1.54) is 11.0 Å². The average molecular weight is 382 g/mol. The van der Waals surface area contributed by atoms with Crippen molar-refractivity contribution < 1.29 is 14.3 Å². The second-order valence-corrected chi connectivity index (χ2v) is 6.20. The van der Waals surface area contributed by atoms with Gasteiger partial charge in [-0.25, -0.2) is 4.68 Å². The maximum atomic E-state index is 12.6. The predicted molar refractivity (Wildman–Crippen MR) is 105 cm³/mol. The molecular weight excluding hydrogens is 364 g/mol. The molecule has 2 heterocycles. The lowest BCUT2D eigenvalue weighted by Crippen LogP contribution is -2.53. The lowest BCUT2D eigenvalue weighted by molar-refractivity contribution is -0.128. The van der Waals surface area contributed by atoms with E-state index in [0.717, 1.165) is 17.1 Å². The zero-order valence-electron chi connectivity index (χ0n) is 14.9. The number of hydrogen-bond acceptors (Lipinski definition) is 5. The molecule has 1 aliphatic heterocycles. The summed E-state index contributed by atoms with van der Waals surface area (Å²) in [5.74, 6) is -0.240. The Balaban J connectivity index is 1.95. The van der Waals surface area contributed by atoms with Crippen molar-refractivity contribution in [2.24, 2.45) is 0 Å². The summed E-state index contributed by atoms with van der Waals surface area (Å²) >= 11 is 5.05. The number of nitrogens with one attached hydrogen (secondary N) is 1. The van der Waals surface area contributed by atoms with E-state index in [9.17, 15) is 9.59 Å². The van der Waals surface area contributed by atoms with Crippen LogP contribution in [-0.4, -0.2) is 45.3 Å². The van der Waals surface area contributed by atoms with Gasteiger partial charge in [-0.3, -0.25) is 19.8 Å². The molecule has 138 valence electrons. The SMILES string of the molecule is C=CCN1C(=O)/C(=C\c2cnn(-c3ccc(OC)cc3)c2C)C(=O)NC1=S. The van der Waals surface area contributed by atoms with Crippen LogP contribution in [0.5, 0.6) is 5.75 Å². The third-order valence-electron chi connectivity index (χ3n) is 4.16. The molecule has 0 spiro atoms. The van der Waals surface area contributed by atoms with Crippen molar-refractivity contribution in [1.29, 1.82) is 0 Å². The highest BCUT2D eigenvalue weighted by Gasteiger charge is 2.32. The molecule has 0 aliphatic carbocycles. The van der Waals surface area contributed by atoms with E-state index < -0.39 is 11.8 Å². The van der Waals surface area contributed by atoms with Crippen LogP contribution in [0, 0.1) is 6.92 Å². The average Bonchev–Trinajstić information content (AvgIpc) is 3.02. The molecule has 1 aromatic heterocycles. The molecule has 1 fully saturated rings. The zero-order valence-corrected chi connectivity index (χ0v) is 15.7. The van der Waals surface area contributed by atoms with Gasteiger partial charge in [0.25, 0.3) is 11.8 Å². The van der Waals surface area contributed by atoms with Gasteiger partial charge in [-0.2, -0.15) is 5.10 Å². The van der Waals surface area contributed by atoms with Gasteiger partial charge in [0.15, 0.2) is 5.11 Å². The number of hydrogen-bond donors (Lipinski definition) is 1. The summed E-state index contributed by atoms with van der Waals surface area (Å²) < 4.78 is 6.89. The van der Waals surface area contributed by atoms with Gasteiger partial charge in [0.05, 0.1) is 19.0 Å². The number of carbonyl (C=O) groups excluding carboxylic acids is 2. The summed E-state index contributed by atoms with van der Waals surface area (Å²) in [6.07, 6.45) is 4.68. The zero-order chi connectivity index (χ0) is 19.6. The largest absolute Gasteiger partial charge is 0.497 e. The third-order valence-corrected chi connectivity index (χ3v) is 4.48. The molecule has 1 aliphatic rings. The molecule has 2 aromatic rings. The Morgan fingerprint density at radius 3 is 2.63 bits per heavy atom. The molecule has 0 atom stereocenters. The van der Waals surface area contributed by atoms with E-state index in [4.69, 9.17) is 17.0 Å². The fraction of sp³-hybridized carbons (Fsp3) is 0.158. The number of benzene rings is 1. The number of aromatic nitrogens is 2. The maximum absolute atomic E-state index is 12.6. The summed E-state index contributed by atoms with van der Waals surface area (Å²) in [6, 6.07) is 7.42. The number of thiocarbonyl (C=S) groups is 1. The summed E-state index contributed by atoms with van der Waals surface area (Å²) in [5, 5.41) is 6.96. The Morgan fingerprint density at radius 1 is 1.30 bits per heavy atom. The summed E-state index contributed by atoms with van der Waals surface area (Å²) in [4.78, 5) is 26.2.